The Morgan fingerprint density at radius 2 is 1.24 bits per heavy atom. The average Bonchev–Trinajstić information content (AvgIpc) is 3.04. The number of carbonyl (C=O) groups is 2. The van der Waals surface area contributed by atoms with E-state index in [2.05, 4.69) is 5.16 Å². The Bertz CT molecular complexity index is 1490. The van der Waals surface area contributed by atoms with Gasteiger partial charge in [-0.1, -0.05) is 104 Å². The van der Waals surface area contributed by atoms with Crippen molar-refractivity contribution in [2.75, 3.05) is 0 Å². The van der Waals surface area contributed by atoms with E-state index in [0.717, 1.165) is 59.9 Å². The highest BCUT2D eigenvalue weighted by Gasteiger charge is 2.40. The van der Waals surface area contributed by atoms with Crippen LogP contribution in [0.3, 0.4) is 0 Å². The van der Waals surface area contributed by atoms with E-state index in [1.807, 2.05) is 97.1 Å². The molecule has 0 aromatic heterocycles. The van der Waals surface area contributed by atoms with Crippen LogP contribution in [0.2, 0.25) is 0 Å². The van der Waals surface area contributed by atoms with Gasteiger partial charge in [-0.05, 0) is 76.1 Å². The quantitative estimate of drug-likeness (QED) is 0.0778. The second kappa shape index (κ2) is 14.1. The standard InChI is InChI=1S/C36H34ClNO4/c37-34(40)30-18-20-32(21-19-30)36(22-8-3-9-23-36)33(39)24-27-14-16-31(17-15-27)35(41-25-28-10-4-1-5-11-28)38-42-26-29-12-6-2-7-13-29/h1-2,4-7,10-21H,3,8-9,22-26H2. The van der Waals surface area contributed by atoms with Crippen molar-refractivity contribution >= 4 is 28.5 Å². The Morgan fingerprint density at radius 1 is 0.667 bits per heavy atom. The summed E-state index contributed by atoms with van der Waals surface area (Å²) in [5.74, 6) is 0.575. The van der Waals surface area contributed by atoms with Crippen LogP contribution in [-0.2, 0) is 39.4 Å². The first kappa shape index (κ1) is 29.3. The maximum Gasteiger partial charge on any atom is 0.257 e. The zero-order valence-corrected chi connectivity index (χ0v) is 24.3. The Labute approximate surface area is 252 Å². The molecule has 1 fully saturated rings. The lowest BCUT2D eigenvalue weighted by molar-refractivity contribution is -0.125. The third-order valence-corrected chi connectivity index (χ3v) is 8.13. The van der Waals surface area contributed by atoms with Crippen LogP contribution in [0, 0.1) is 0 Å². The van der Waals surface area contributed by atoms with Crippen molar-refractivity contribution in [3.63, 3.8) is 0 Å². The molecule has 6 heteroatoms. The summed E-state index contributed by atoms with van der Waals surface area (Å²) < 4.78 is 6.09. The minimum atomic E-state index is -0.554. The monoisotopic (exact) mass is 579 g/mol. The SMILES string of the molecule is O=C(Cl)c1ccc(C2(C(=O)Cc3ccc(C(=NOCc4ccccc4)OCc4ccccc4)cc3)CCCCC2)cc1. The van der Waals surface area contributed by atoms with Gasteiger partial charge in [-0.2, -0.15) is 0 Å². The lowest BCUT2D eigenvalue weighted by atomic mass is 9.65. The molecule has 4 aromatic carbocycles. The minimum absolute atomic E-state index is 0.195. The summed E-state index contributed by atoms with van der Waals surface area (Å²) in [6.07, 6.45) is 5.06. The predicted octanol–water partition coefficient (Wildman–Crippen LogP) is 8.17. The van der Waals surface area contributed by atoms with E-state index < -0.39 is 10.7 Å². The van der Waals surface area contributed by atoms with Crippen molar-refractivity contribution in [2.45, 2.75) is 57.2 Å². The molecular weight excluding hydrogens is 546 g/mol. The van der Waals surface area contributed by atoms with Crippen LogP contribution in [0.5, 0.6) is 0 Å². The molecule has 1 aliphatic rings. The molecule has 214 valence electrons. The molecule has 5 rings (SSSR count). The van der Waals surface area contributed by atoms with E-state index >= 15 is 0 Å². The molecule has 0 heterocycles. The summed E-state index contributed by atoms with van der Waals surface area (Å²) in [4.78, 5) is 31.1. The number of hydrogen-bond donors (Lipinski definition) is 0. The van der Waals surface area contributed by atoms with Gasteiger partial charge in [0.05, 0.1) is 5.41 Å². The van der Waals surface area contributed by atoms with E-state index in [1.165, 1.54) is 0 Å². The van der Waals surface area contributed by atoms with Gasteiger partial charge >= 0.3 is 0 Å². The van der Waals surface area contributed by atoms with Gasteiger partial charge < -0.3 is 9.57 Å². The molecule has 0 N–H and O–H groups in total. The van der Waals surface area contributed by atoms with Gasteiger partial charge in [0, 0.05) is 17.5 Å². The number of ether oxygens (including phenoxy) is 1. The number of halogens is 1. The smallest absolute Gasteiger partial charge is 0.257 e. The molecule has 0 radical (unpaired) electrons. The number of carbonyl (C=O) groups excluding carboxylic acids is 2. The normalized spacial score (nSPS) is 14.6. The lowest BCUT2D eigenvalue weighted by Gasteiger charge is -2.36. The lowest BCUT2D eigenvalue weighted by Crippen LogP contribution is -2.39. The van der Waals surface area contributed by atoms with Crippen LogP contribution < -0.4 is 0 Å². The number of ketones is 1. The molecule has 4 aromatic rings. The largest absolute Gasteiger partial charge is 0.470 e. The average molecular weight is 580 g/mol. The van der Waals surface area contributed by atoms with Crippen LogP contribution in [-0.4, -0.2) is 16.9 Å². The molecule has 0 unspecified atom stereocenters. The van der Waals surface area contributed by atoms with Gasteiger partial charge in [-0.25, -0.2) is 0 Å². The predicted molar refractivity (Wildman–Crippen MR) is 166 cm³/mol. The number of hydrogen-bond acceptors (Lipinski definition) is 5. The highest BCUT2D eigenvalue weighted by atomic mass is 35.5. The van der Waals surface area contributed by atoms with Crippen LogP contribution in [0.15, 0.2) is 114 Å². The maximum atomic E-state index is 13.9. The Balaban J connectivity index is 1.32. The molecule has 0 aliphatic heterocycles. The zero-order chi connectivity index (χ0) is 29.2. The first-order valence-corrected chi connectivity index (χ1v) is 14.7. The van der Waals surface area contributed by atoms with Crippen molar-refractivity contribution in [3.8, 4) is 0 Å². The Kier molecular flexibility index (Phi) is 9.83. The van der Waals surface area contributed by atoms with Crippen molar-refractivity contribution in [1.29, 1.82) is 0 Å². The summed E-state index contributed by atoms with van der Waals surface area (Å²) in [5.41, 5.74) is 4.58. The van der Waals surface area contributed by atoms with Crippen molar-refractivity contribution < 1.29 is 19.2 Å². The maximum absolute atomic E-state index is 13.9. The number of benzene rings is 4. The number of nitrogens with zero attached hydrogens (tertiary/aromatic N) is 1. The molecule has 5 nitrogen and oxygen atoms in total. The van der Waals surface area contributed by atoms with Crippen LogP contribution >= 0.6 is 11.6 Å². The van der Waals surface area contributed by atoms with E-state index in [4.69, 9.17) is 21.2 Å². The highest BCUT2D eigenvalue weighted by Crippen LogP contribution is 2.41. The summed E-state index contributed by atoms with van der Waals surface area (Å²) >= 11 is 5.66. The third kappa shape index (κ3) is 7.34. The second-order valence-electron chi connectivity index (χ2n) is 10.7. The highest BCUT2D eigenvalue weighted by molar-refractivity contribution is 6.67. The fourth-order valence-corrected chi connectivity index (χ4v) is 5.68. The molecular formula is C36H34ClNO4. The second-order valence-corrected chi connectivity index (χ2v) is 11.1. The van der Waals surface area contributed by atoms with Gasteiger partial charge in [-0.15, -0.1) is 0 Å². The molecule has 0 saturated heterocycles. The first-order chi connectivity index (χ1) is 20.5. The molecule has 1 aliphatic carbocycles. The summed E-state index contributed by atoms with van der Waals surface area (Å²) in [7, 11) is 0. The van der Waals surface area contributed by atoms with E-state index in [1.54, 1.807) is 12.1 Å². The van der Waals surface area contributed by atoms with Crippen molar-refractivity contribution in [3.05, 3.63) is 143 Å². The fraction of sp³-hybridized carbons (Fsp3) is 0.250. The fourth-order valence-electron chi connectivity index (χ4n) is 5.55. The topological polar surface area (TPSA) is 65.0 Å². The molecule has 1 saturated carbocycles. The molecule has 0 amide bonds. The van der Waals surface area contributed by atoms with Gasteiger partial charge in [0.15, 0.2) is 0 Å². The van der Waals surface area contributed by atoms with Crippen LogP contribution in [0.4, 0.5) is 0 Å². The molecule has 0 atom stereocenters. The Hall–Kier alpha value is -4.22. The van der Waals surface area contributed by atoms with Crippen molar-refractivity contribution in [1.82, 2.24) is 0 Å². The summed E-state index contributed by atoms with van der Waals surface area (Å²) in [6.45, 7) is 0.680. The number of oxime groups is 1. The van der Waals surface area contributed by atoms with Crippen LogP contribution in [0.1, 0.15) is 70.3 Å². The summed E-state index contributed by atoms with van der Waals surface area (Å²) in [6, 6.07) is 34.7. The van der Waals surface area contributed by atoms with Gasteiger partial charge in [0.1, 0.15) is 19.0 Å². The van der Waals surface area contributed by atoms with E-state index in [-0.39, 0.29) is 5.78 Å². The number of rotatable bonds is 11. The molecule has 0 spiro atoms. The number of Topliss-reactive ketones (excluding diaryl/α,β-unsaturated/α-hetero) is 1. The minimum Gasteiger partial charge on any atom is -0.470 e. The van der Waals surface area contributed by atoms with E-state index in [0.29, 0.717) is 31.1 Å². The van der Waals surface area contributed by atoms with Crippen molar-refractivity contribution in [2.24, 2.45) is 5.16 Å². The molecule has 42 heavy (non-hydrogen) atoms. The first-order valence-electron chi connectivity index (χ1n) is 14.4. The summed E-state index contributed by atoms with van der Waals surface area (Å²) in [5, 5.41) is 3.84. The third-order valence-electron chi connectivity index (χ3n) is 7.91. The zero-order valence-electron chi connectivity index (χ0n) is 23.5. The van der Waals surface area contributed by atoms with Gasteiger partial charge in [0.2, 0.25) is 0 Å². The Morgan fingerprint density at radius 3 is 1.83 bits per heavy atom. The van der Waals surface area contributed by atoms with Gasteiger partial charge in [0.25, 0.3) is 11.1 Å². The van der Waals surface area contributed by atoms with Gasteiger partial charge in [-0.3, -0.25) is 9.59 Å². The van der Waals surface area contributed by atoms with Crippen LogP contribution in [0.25, 0.3) is 0 Å². The van der Waals surface area contributed by atoms with E-state index in [9.17, 15) is 9.59 Å². The molecule has 0 bridgehead atoms.